The van der Waals surface area contributed by atoms with Gasteiger partial charge in [-0.05, 0) is 41.5 Å². The van der Waals surface area contributed by atoms with Crippen molar-refractivity contribution in [3.63, 3.8) is 0 Å². The topological polar surface area (TPSA) is 56.8 Å². The van der Waals surface area contributed by atoms with Gasteiger partial charge in [-0.3, -0.25) is 4.79 Å². The van der Waals surface area contributed by atoms with Crippen molar-refractivity contribution in [3.8, 4) is 28.4 Å². The molecule has 5 nitrogen and oxygen atoms in total. The summed E-state index contributed by atoms with van der Waals surface area (Å²) in [6, 6.07) is 21.4. The molecular formula is C28H24ClNO4S. The van der Waals surface area contributed by atoms with E-state index in [1.165, 1.54) is 0 Å². The van der Waals surface area contributed by atoms with Crippen molar-refractivity contribution >= 4 is 34.5 Å². The number of nitrogens with one attached hydrogen (secondary N) is 1. The molecule has 0 saturated heterocycles. The molecule has 4 aromatic rings. The normalized spacial score (nSPS) is 14.7. The van der Waals surface area contributed by atoms with Crippen LogP contribution in [0.4, 0.5) is 5.69 Å². The lowest BCUT2D eigenvalue weighted by Crippen LogP contribution is -2.22. The number of thiophene rings is 1. The van der Waals surface area contributed by atoms with E-state index in [0.717, 1.165) is 38.6 Å². The number of fused-ring (bicyclic) bond motifs is 1. The van der Waals surface area contributed by atoms with Gasteiger partial charge in [-0.15, -0.1) is 11.3 Å². The van der Waals surface area contributed by atoms with Crippen molar-refractivity contribution in [2.45, 2.75) is 18.9 Å². The van der Waals surface area contributed by atoms with Gasteiger partial charge in [0.05, 0.1) is 19.9 Å². The minimum Gasteiger partial charge on any atom is -0.493 e. The van der Waals surface area contributed by atoms with Crippen LogP contribution in [0.3, 0.4) is 0 Å². The third-order valence-corrected chi connectivity index (χ3v) is 7.56. The number of halogens is 1. The fourth-order valence-corrected chi connectivity index (χ4v) is 5.66. The van der Waals surface area contributed by atoms with Gasteiger partial charge in [-0.2, -0.15) is 0 Å². The van der Waals surface area contributed by atoms with Crippen LogP contribution in [0.15, 0.2) is 72.1 Å². The lowest BCUT2D eigenvalue weighted by atomic mass is 9.89. The molecule has 0 spiro atoms. The molecule has 1 atom stereocenters. The first-order valence-electron chi connectivity index (χ1n) is 11.2. The molecule has 1 aromatic heterocycles. The first-order chi connectivity index (χ1) is 17.1. The van der Waals surface area contributed by atoms with Crippen LogP contribution in [0.25, 0.3) is 11.1 Å². The molecule has 5 rings (SSSR count). The molecule has 0 saturated carbocycles. The summed E-state index contributed by atoms with van der Waals surface area (Å²) in [6.45, 7) is 0.377. The molecule has 1 N–H and O–H groups in total. The quantitative estimate of drug-likeness (QED) is 0.290. The lowest BCUT2D eigenvalue weighted by molar-refractivity contribution is -0.116. The molecule has 1 amide bonds. The average Bonchev–Trinajstić information content (AvgIpc) is 3.31. The molecule has 1 aliphatic heterocycles. The fourth-order valence-electron chi connectivity index (χ4n) is 4.31. The van der Waals surface area contributed by atoms with E-state index in [1.54, 1.807) is 25.6 Å². The molecule has 3 aromatic carbocycles. The number of methoxy groups -OCH3 is 2. The van der Waals surface area contributed by atoms with E-state index in [-0.39, 0.29) is 11.8 Å². The third-order valence-electron chi connectivity index (χ3n) is 6.10. The maximum absolute atomic E-state index is 12.8. The molecule has 0 aliphatic carbocycles. The largest absolute Gasteiger partial charge is 0.493 e. The highest BCUT2D eigenvalue weighted by molar-refractivity contribution is 7.11. The Hall–Kier alpha value is -3.48. The summed E-state index contributed by atoms with van der Waals surface area (Å²) in [5.41, 5.74) is 4.74. The van der Waals surface area contributed by atoms with E-state index in [2.05, 4.69) is 10.7 Å². The Kier molecular flexibility index (Phi) is 6.66. The SMILES string of the molecule is COc1ccc(-c2csc3c2NC(=O)CC3c2cccc(OCc3ccccc3Cl)c2)cc1OC. The number of carbonyl (C=O) groups is 1. The molecular weight excluding hydrogens is 482 g/mol. The highest BCUT2D eigenvalue weighted by atomic mass is 35.5. The van der Waals surface area contributed by atoms with Crippen LogP contribution in [-0.2, 0) is 11.4 Å². The standard InChI is InChI=1S/C28H24ClNO4S/c1-32-24-11-10-18(13-25(24)33-2)22-16-35-28-21(14-26(31)30-27(22)28)17-7-5-8-20(12-17)34-15-19-6-3-4-9-23(19)29/h3-13,16,21H,14-15H2,1-2H3,(H,30,31). The maximum atomic E-state index is 12.8. The number of amides is 1. The summed E-state index contributed by atoms with van der Waals surface area (Å²) in [6.07, 6.45) is 0.382. The molecule has 7 heteroatoms. The molecule has 1 aliphatic rings. The Bertz CT molecular complexity index is 1380. The van der Waals surface area contributed by atoms with Crippen LogP contribution in [0.2, 0.25) is 5.02 Å². The van der Waals surface area contributed by atoms with Crippen molar-refractivity contribution < 1.29 is 19.0 Å². The van der Waals surface area contributed by atoms with Gasteiger partial charge in [0.25, 0.3) is 0 Å². The summed E-state index contributed by atoms with van der Waals surface area (Å²) >= 11 is 7.91. The summed E-state index contributed by atoms with van der Waals surface area (Å²) in [7, 11) is 3.23. The van der Waals surface area contributed by atoms with E-state index in [9.17, 15) is 4.79 Å². The second kappa shape index (κ2) is 10.0. The van der Waals surface area contributed by atoms with Gasteiger partial charge in [0.2, 0.25) is 5.91 Å². The molecule has 2 heterocycles. The smallest absolute Gasteiger partial charge is 0.225 e. The van der Waals surface area contributed by atoms with Gasteiger partial charge in [0.1, 0.15) is 12.4 Å². The summed E-state index contributed by atoms with van der Waals surface area (Å²) in [5.74, 6) is 1.99. The second-order valence-corrected chi connectivity index (χ2v) is 9.53. The number of hydrogen-bond acceptors (Lipinski definition) is 5. The highest BCUT2D eigenvalue weighted by Gasteiger charge is 2.31. The van der Waals surface area contributed by atoms with E-state index < -0.39 is 0 Å². The van der Waals surface area contributed by atoms with E-state index in [0.29, 0.717) is 29.5 Å². The predicted octanol–water partition coefficient (Wildman–Crippen LogP) is 7.14. The Morgan fingerprint density at radius 2 is 1.83 bits per heavy atom. The van der Waals surface area contributed by atoms with Crippen LogP contribution in [0, 0.1) is 0 Å². The Morgan fingerprint density at radius 1 is 1.00 bits per heavy atom. The number of hydrogen-bond donors (Lipinski definition) is 1. The molecule has 0 fully saturated rings. The van der Waals surface area contributed by atoms with Crippen LogP contribution in [0.1, 0.15) is 28.3 Å². The molecule has 0 radical (unpaired) electrons. The fraction of sp³-hybridized carbons (Fsp3) is 0.179. The Labute approximate surface area is 213 Å². The van der Waals surface area contributed by atoms with Crippen molar-refractivity contribution in [2.24, 2.45) is 0 Å². The highest BCUT2D eigenvalue weighted by Crippen LogP contribution is 2.48. The second-order valence-electron chi connectivity index (χ2n) is 8.22. The minimum atomic E-state index is -0.0542. The van der Waals surface area contributed by atoms with Gasteiger partial charge in [-0.25, -0.2) is 0 Å². The number of carbonyl (C=O) groups excluding carboxylic acids is 1. The zero-order chi connectivity index (χ0) is 24.4. The molecule has 178 valence electrons. The van der Waals surface area contributed by atoms with Gasteiger partial charge in [0.15, 0.2) is 11.5 Å². The molecule has 35 heavy (non-hydrogen) atoms. The van der Waals surface area contributed by atoms with E-state index >= 15 is 0 Å². The minimum absolute atomic E-state index is 0.00924. The number of rotatable bonds is 7. The summed E-state index contributed by atoms with van der Waals surface area (Å²) < 4.78 is 16.9. The van der Waals surface area contributed by atoms with Crippen LogP contribution < -0.4 is 19.5 Å². The van der Waals surface area contributed by atoms with Gasteiger partial charge in [-0.1, -0.05) is 48.0 Å². The van der Waals surface area contributed by atoms with Crippen LogP contribution in [0.5, 0.6) is 17.2 Å². The van der Waals surface area contributed by atoms with E-state index in [1.807, 2.05) is 66.7 Å². The zero-order valence-electron chi connectivity index (χ0n) is 19.3. The predicted molar refractivity (Wildman–Crippen MR) is 140 cm³/mol. The van der Waals surface area contributed by atoms with Gasteiger partial charge < -0.3 is 19.5 Å². The van der Waals surface area contributed by atoms with Crippen LogP contribution >= 0.6 is 22.9 Å². The third kappa shape index (κ3) is 4.72. The van der Waals surface area contributed by atoms with E-state index in [4.69, 9.17) is 25.8 Å². The molecule has 0 bridgehead atoms. The van der Waals surface area contributed by atoms with Crippen molar-refractivity contribution in [1.29, 1.82) is 0 Å². The average molecular weight is 506 g/mol. The number of benzene rings is 3. The monoisotopic (exact) mass is 505 g/mol. The van der Waals surface area contributed by atoms with Crippen molar-refractivity contribution in [2.75, 3.05) is 19.5 Å². The van der Waals surface area contributed by atoms with Crippen molar-refractivity contribution in [1.82, 2.24) is 0 Å². The first kappa shape index (κ1) is 23.3. The first-order valence-corrected chi connectivity index (χ1v) is 12.4. The van der Waals surface area contributed by atoms with Gasteiger partial charge >= 0.3 is 0 Å². The van der Waals surface area contributed by atoms with Crippen molar-refractivity contribution in [3.05, 3.63) is 93.1 Å². The lowest BCUT2D eigenvalue weighted by Gasteiger charge is -2.24. The number of ether oxygens (including phenoxy) is 3. The van der Waals surface area contributed by atoms with Gasteiger partial charge in [0, 0.05) is 38.7 Å². The maximum Gasteiger partial charge on any atom is 0.225 e. The Balaban J connectivity index is 1.45. The zero-order valence-corrected chi connectivity index (χ0v) is 20.9. The molecule has 1 unspecified atom stereocenters. The summed E-state index contributed by atoms with van der Waals surface area (Å²) in [4.78, 5) is 13.9. The number of anilines is 1. The van der Waals surface area contributed by atoms with Crippen LogP contribution in [-0.4, -0.2) is 20.1 Å². The summed E-state index contributed by atoms with van der Waals surface area (Å²) in [5, 5.41) is 5.86. The Morgan fingerprint density at radius 3 is 2.63 bits per heavy atom.